The normalized spacial score (nSPS) is 11.4. The Balaban J connectivity index is 1.27. The third-order valence-corrected chi connectivity index (χ3v) is 6.83. The maximum absolute atomic E-state index is 12.6. The number of carbonyl (C=O) groups is 2. The first-order chi connectivity index (χ1) is 16.3. The van der Waals surface area contributed by atoms with Gasteiger partial charge in [-0.15, -0.1) is 11.3 Å². The van der Waals surface area contributed by atoms with Crippen molar-refractivity contribution < 1.29 is 22.8 Å². The van der Waals surface area contributed by atoms with Crippen molar-refractivity contribution in [2.45, 2.75) is 16.9 Å². The molecule has 0 aliphatic carbocycles. The Labute approximate surface area is 201 Å². The van der Waals surface area contributed by atoms with Crippen molar-refractivity contribution >= 4 is 57.1 Å². The SMILES string of the molecule is O=C(Cc1csc(SCC(=O)Nc2cccc3ccccc23)n1)Nc1ccc(C(F)(F)F)cc1. The highest BCUT2D eigenvalue weighted by Crippen LogP contribution is 2.30. The van der Waals surface area contributed by atoms with Crippen molar-refractivity contribution in [3.63, 3.8) is 0 Å². The van der Waals surface area contributed by atoms with E-state index in [1.807, 2.05) is 42.5 Å². The maximum atomic E-state index is 12.6. The van der Waals surface area contributed by atoms with Gasteiger partial charge in [-0.1, -0.05) is 48.2 Å². The van der Waals surface area contributed by atoms with E-state index in [4.69, 9.17) is 0 Å². The molecule has 0 unspecified atom stereocenters. The molecule has 10 heteroatoms. The van der Waals surface area contributed by atoms with E-state index in [-0.39, 0.29) is 23.8 Å². The van der Waals surface area contributed by atoms with Gasteiger partial charge in [-0.2, -0.15) is 13.2 Å². The second-order valence-corrected chi connectivity index (χ2v) is 9.35. The zero-order valence-electron chi connectivity index (χ0n) is 17.6. The largest absolute Gasteiger partial charge is 0.416 e. The lowest BCUT2D eigenvalue weighted by atomic mass is 10.1. The molecule has 0 radical (unpaired) electrons. The number of fused-ring (bicyclic) bond motifs is 1. The average molecular weight is 502 g/mol. The van der Waals surface area contributed by atoms with E-state index in [1.54, 1.807) is 5.38 Å². The molecule has 0 saturated carbocycles. The lowest BCUT2D eigenvalue weighted by molar-refractivity contribution is -0.137. The highest BCUT2D eigenvalue weighted by Gasteiger charge is 2.30. The van der Waals surface area contributed by atoms with Crippen LogP contribution in [-0.4, -0.2) is 22.6 Å². The number of hydrogen-bond acceptors (Lipinski definition) is 5. The topological polar surface area (TPSA) is 71.1 Å². The van der Waals surface area contributed by atoms with Crippen LogP contribution < -0.4 is 10.6 Å². The minimum absolute atomic E-state index is 0.0275. The summed E-state index contributed by atoms with van der Waals surface area (Å²) in [4.78, 5) is 29.0. The van der Waals surface area contributed by atoms with Crippen molar-refractivity contribution in [1.82, 2.24) is 4.98 Å². The van der Waals surface area contributed by atoms with E-state index in [0.29, 0.717) is 10.0 Å². The standard InChI is InChI=1S/C24H18F3N3O2S2/c25-24(26,27)16-8-10-17(11-9-16)28-21(31)12-18-13-33-23(29-18)34-14-22(32)30-20-7-3-5-15-4-1-2-6-19(15)20/h1-11,13H,12,14H2,(H,28,31)(H,30,32). The Morgan fingerprint density at radius 2 is 1.65 bits per heavy atom. The number of amides is 2. The number of halogens is 3. The number of nitrogens with one attached hydrogen (secondary N) is 2. The number of benzene rings is 3. The summed E-state index contributed by atoms with van der Waals surface area (Å²) in [5.41, 5.74) is 0.749. The minimum Gasteiger partial charge on any atom is -0.326 e. The number of anilines is 2. The maximum Gasteiger partial charge on any atom is 0.416 e. The highest BCUT2D eigenvalue weighted by molar-refractivity contribution is 8.01. The number of thiazole rings is 1. The van der Waals surface area contributed by atoms with Crippen LogP contribution in [0.1, 0.15) is 11.3 Å². The molecule has 0 spiro atoms. The second-order valence-electron chi connectivity index (χ2n) is 7.27. The Kier molecular flexibility index (Phi) is 7.18. The monoisotopic (exact) mass is 501 g/mol. The summed E-state index contributed by atoms with van der Waals surface area (Å²) in [5.74, 6) is -0.401. The molecule has 0 saturated heterocycles. The van der Waals surface area contributed by atoms with Crippen LogP contribution in [0.4, 0.5) is 24.5 Å². The lowest BCUT2D eigenvalue weighted by Gasteiger charge is -2.08. The smallest absolute Gasteiger partial charge is 0.326 e. The number of aromatic nitrogens is 1. The van der Waals surface area contributed by atoms with Gasteiger partial charge in [-0.25, -0.2) is 4.98 Å². The van der Waals surface area contributed by atoms with Gasteiger partial charge >= 0.3 is 6.18 Å². The van der Waals surface area contributed by atoms with Crippen LogP contribution in [0, 0.1) is 0 Å². The molecule has 4 rings (SSSR count). The van der Waals surface area contributed by atoms with Gasteiger partial charge in [0.2, 0.25) is 11.8 Å². The number of alkyl halides is 3. The summed E-state index contributed by atoms with van der Waals surface area (Å²) in [6.07, 6.45) is -4.46. The summed E-state index contributed by atoms with van der Waals surface area (Å²) in [6.45, 7) is 0. The van der Waals surface area contributed by atoms with E-state index < -0.39 is 17.6 Å². The fourth-order valence-electron chi connectivity index (χ4n) is 3.20. The van der Waals surface area contributed by atoms with Crippen LogP contribution >= 0.6 is 23.1 Å². The van der Waals surface area contributed by atoms with E-state index >= 15 is 0 Å². The quantitative estimate of drug-likeness (QED) is 0.295. The molecule has 0 bridgehead atoms. The third kappa shape index (κ3) is 6.15. The van der Waals surface area contributed by atoms with Gasteiger partial charge in [0.15, 0.2) is 4.34 Å². The average Bonchev–Trinajstić information content (AvgIpc) is 3.25. The van der Waals surface area contributed by atoms with Crippen molar-refractivity contribution in [3.05, 3.63) is 83.4 Å². The highest BCUT2D eigenvalue weighted by atomic mass is 32.2. The van der Waals surface area contributed by atoms with Crippen LogP contribution in [0.25, 0.3) is 10.8 Å². The van der Waals surface area contributed by atoms with E-state index in [0.717, 1.165) is 28.6 Å². The fraction of sp³-hybridized carbons (Fsp3) is 0.125. The van der Waals surface area contributed by atoms with Gasteiger partial charge < -0.3 is 10.6 Å². The predicted octanol–water partition coefficient (Wildman–Crippen LogP) is 6.23. The van der Waals surface area contributed by atoms with Crippen LogP contribution in [0.3, 0.4) is 0 Å². The van der Waals surface area contributed by atoms with Gasteiger partial charge in [0.25, 0.3) is 0 Å². The molecular formula is C24H18F3N3O2S2. The first kappa shape index (κ1) is 23.8. The second kappa shape index (κ2) is 10.3. The zero-order chi connectivity index (χ0) is 24.1. The number of hydrogen-bond donors (Lipinski definition) is 2. The van der Waals surface area contributed by atoms with Crippen molar-refractivity contribution in [3.8, 4) is 0 Å². The molecule has 4 aromatic rings. The van der Waals surface area contributed by atoms with Gasteiger partial charge in [0, 0.05) is 22.1 Å². The number of thioether (sulfide) groups is 1. The van der Waals surface area contributed by atoms with Crippen molar-refractivity contribution in [1.29, 1.82) is 0 Å². The summed E-state index contributed by atoms with van der Waals surface area (Å²) in [7, 11) is 0. The van der Waals surface area contributed by atoms with Crippen LogP contribution in [-0.2, 0) is 22.2 Å². The van der Waals surface area contributed by atoms with Crippen LogP contribution in [0.5, 0.6) is 0 Å². The fourth-order valence-corrected chi connectivity index (χ4v) is 4.84. The molecular weight excluding hydrogens is 483 g/mol. The molecule has 0 atom stereocenters. The van der Waals surface area contributed by atoms with E-state index in [1.165, 1.54) is 35.2 Å². The van der Waals surface area contributed by atoms with E-state index in [9.17, 15) is 22.8 Å². The summed E-state index contributed by atoms with van der Waals surface area (Å²) < 4.78 is 38.5. The van der Waals surface area contributed by atoms with Gasteiger partial charge in [0.05, 0.1) is 23.4 Å². The Morgan fingerprint density at radius 3 is 2.41 bits per heavy atom. The Morgan fingerprint density at radius 1 is 0.912 bits per heavy atom. The number of carbonyl (C=O) groups excluding carboxylic acids is 2. The molecule has 1 heterocycles. The summed E-state index contributed by atoms with van der Waals surface area (Å²) >= 11 is 2.59. The molecule has 1 aromatic heterocycles. The van der Waals surface area contributed by atoms with Crippen molar-refractivity contribution in [2.24, 2.45) is 0 Å². The van der Waals surface area contributed by atoms with Crippen molar-refractivity contribution in [2.75, 3.05) is 16.4 Å². The Hall–Kier alpha value is -3.37. The number of nitrogens with zero attached hydrogens (tertiary/aromatic N) is 1. The first-order valence-corrected chi connectivity index (χ1v) is 12.0. The summed E-state index contributed by atoms with van der Waals surface area (Å²) in [5, 5.41) is 9.19. The lowest BCUT2D eigenvalue weighted by Crippen LogP contribution is -2.15. The minimum atomic E-state index is -4.43. The molecule has 0 aliphatic rings. The first-order valence-electron chi connectivity index (χ1n) is 10.1. The molecule has 0 aliphatic heterocycles. The molecule has 3 aromatic carbocycles. The zero-order valence-corrected chi connectivity index (χ0v) is 19.2. The third-order valence-electron chi connectivity index (χ3n) is 4.76. The molecule has 2 amide bonds. The predicted molar refractivity (Wildman–Crippen MR) is 129 cm³/mol. The molecule has 34 heavy (non-hydrogen) atoms. The van der Waals surface area contributed by atoms with Crippen LogP contribution in [0.2, 0.25) is 0 Å². The number of rotatable bonds is 7. The van der Waals surface area contributed by atoms with Gasteiger partial charge in [0.1, 0.15) is 0 Å². The molecule has 5 nitrogen and oxygen atoms in total. The molecule has 174 valence electrons. The van der Waals surface area contributed by atoms with Gasteiger partial charge in [-0.3, -0.25) is 9.59 Å². The molecule has 0 fully saturated rings. The van der Waals surface area contributed by atoms with Crippen LogP contribution in [0.15, 0.2) is 76.4 Å². The Bertz CT molecular complexity index is 1320. The van der Waals surface area contributed by atoms with E-state index in [2.05, 4.69) is 15.6 Å². The van der Waals surface area contributed by atoms with Gasteiger partial charge in [-0.05, 0) is 35.7 Å². The molecule has 2 N–H and O–H groups in total. The summed E-state index contributed by atoms with van der Waals surface area (Å²) in [6, 6.07) is 17.7.